The highest BCUT2D eigenvalue weighted by Gasteiger charge is 2.31. The normalized spacial score (nSPS) is 22.3. The highest BCUT2D eigenvalue weighted by molar-refractivity contribution is 14.0. The second kappa shape index (κ2) is 11.2. The third-order valence-corrected chi connectivity index (χ3v) is 8.29. The minimum atomic E-state index is 0. The SMILES string of the molecule is CN=C(NCC1CCCN(C)C1c1cccs1)N(C)Cc1nc2c(s1)CCCC2.I. The van der Waals surface area contributed by atoms with Gasteiger partial charge in [-0.1, -0.05) is 6.07 Å². The first kappa shape index (κ1) is 23.9. The van der Waals surface area contributed by atoms with Gasteiger partial charge in [-0.15, -0.1) is 46.7 Å². The number of aliphatic imine (C=N–C) groups is 1. The van der Waals surface area contributed by atoms with Crippen molar-refractivity contribution < 1.29 is 0 Å². The predicted octanol–water partition coefficient (Wildman–Crippen LogP) is 4.79. The van der Waals surface area contributed by atoms with E-state index >= 15 is 0 Å². The zero-order valence-electron chi connectivity index (χ0n) is 18.3. The summed E-state index contributed by atoms with van der Waals surface area (Å²) in [5.74, 6) is 1.57. The lowest BCUT2D eigenvalue weighted by atomic mass is 9.88. The molecule has 4 rings (SSSR count). The summed E-state index contributed by atoms with van der Waals surface area (Å²) >= 11 is 3.78. The summed E-state index contributed by atoms with van der Waals surface area (Å²) < 4.78 is 0. The van der Waals surface area contributed by atoms with Gasteiger partial charge < -0.3 is 10.2 Å². The first-order chi connectivity index (χ1) is 14.2. The van der Waals surface area contributed by atoms with Gasteiger partial charge in [0, 0.05) is 36.4 Å². The van der Waals surface area contributed by atoms with Crippen LogP contribution in [0.2, 0.25) is 0 Å². The van der Waals surface area contributed by atoms with Crippen LogP contribution in [0.15, 0.2) is 22.5 Å². The Morgan fingerprint density at radius 2 is 2.17 bits per heavy atom. The van der Waals surface area contributed by atoms with Crippen molar-refractivity contribution in [3.05, 3.63) is 38.0 Å². The molecule has 30 heavy (non-hydrogen) atoms. The van der Waals surface area contributed by atoms with Crippen molar-refractivity contribution in [3.8, 4) is 0 Å². The molecule has 5 nitrogen and oxygen atoms in total. The largest absolute Gasteiger partial charge is 0.356 e. The summed E-state index contributed by atoms with van der Waals surface area (Å²) in [5.41, 5.74) is 1.34. The van der Waals surface area contributed by atoms with E-state index in [-0.39, 0.29) is 24.0 Å². The number of nitrogens with zero attached hydrogens (tertiary/aromatic N) is 4. The Bertz CT molecular complexity index is 796. The van der Waals surface area contributed by atoms with Crippen LogP contribution in [0.1, 0.15) is 52.2 Å². The van der Waals surface area contributed by atoms with E-state index in [0.717, 1.165) is 25.5 Å². The van der Waals surface area contributed by atoms with Crippen LogP contribution < -0.4 is 5.32 Å². The molecule has 0 spiro atoms. The van der Waals surface area contributed by atoms with Gasteiger partial charge in [-0.2, -0.15) is 0 Å². The van der Waals surface area contributed by atoms with E-state index in [1.165, 1.54) is 59.1 Å². The van der Waals surface area contributed by atoms with E-state index in [2.05, 4.69) is 51.7 Å². The Hall–Kier alpha value is -0.710. The maximum atomic E-state index is 4.90. The molecule has 3 heterocycles. The Labute approximate surface area is 206 Å². The van der Waals surface area contributed by atoms with Crippen LogP contribution >= 0.6 is 46.7 Å². The van der Waals surface area contributed by atoms with Crippen molar-refractivity contribution in [1.82, 2.24) is 20.1 Å². The van der Waals surface area contributed by atoms with E-state index < -0.39 is 0 Å². The molecule has 166 valence electrons. The molecule has 0 radical (unpaired) electrons. The first-order valence-electron chi connectivity index (χ1n) is 10.8. The van der Waals surface area contributed by atoms with Crippen LogP contribution in [0, 0.1) is 5.92 Å². The van der Waals surface area contributed by atoms with E-state index in [0.29, 0.717) is 12.0 Å². The molecular weight excluding hydrogens is 525 g/mol. The topological polar surface area (TPSA) is 43.8 Å². The quantitative estimate of drug-likeness (QED) is 0.325. The van der Waals surface area contributed by atoms with Gasteiger partial charge in [0.1, 0.15) is 5.01 Å². The van der Waals surface area contributed by atoms with Gasteiger partial charge >= 0.3 is 0 Å². The number of likely N-dealkylation sites (tertiary alicyclic amines) is 1. The molecule has 0 bridgehead atoms. The van der Waals surface area contributed by atoms with Crippen molar-refractivity contribution in [2.24, 2.45) is 10.9 Å². The number of nitrogens with one attached hydrogen (secondary N) is 1. The highest BCUT2D eigenvalue weighted by atomic mass is 127. The number of fused-ring (bicyclic) bond motifs is 1. The second-order valence-electron chi connectivity index (χ2n) is 8.31. The van der Waals surface area contributed by atoms with Crippen LogP contribution in [0.3, 0.4) is 0 Å². The number of hydrogen-bond acceptors (Lipinski definition) is 5. The highest BCUT2D eigenvalue weighted by Crippen LogP contribution is 2.36. The Balaban J connectivity index is 0.00000256. The first-order valence-corrected chi connectivity index (χ1v) is 12.5. The predicted molar refractivity (Wildman–Crippen MR) is 139 cm³/mol. The molecule has 2 aromatic heterocycles. The molecule has 2 atom stereocenters. The third-order valence-electron chi connectivity index (χ3n) is 6.20. The minimum Gasteiger partial charge on any atom is -0.356 e. The number of guanidine groups is 1. The Morgan fingerprint density at radius 3 is 2.90 bits per heavy atom. The molecule has 2 unspecified atom stereocenters. The lowest BCUT2D eigenvalue weighted by molar-refractivity contribution is 0.124. The molecule has 1 fully saturated rings. The summed E-state index contributed by atoms with van der Waals surface area (Å²) in [6, 6.07) is 4.97. The smallest absolute Gasteiger partial charge is 0.193 e. The van der Waals surface area contributed by atoms with Crippen molar-refractivity contribution in [2.75, 3.05) is 34.2 Å². The molecule has 2 aromatic rings. The van der Waals surface area contributed by atoms with Gasteiger partial charge in [0.05, 0.1) is 12.2 Å². The molecule has 1 aliphatic carbocycles. The molecule has 1 aliphatic heterocycles. The number of piperidine rings is 1. The molecule has 8 heteroatoms. The van der Waals surface area contributed by atoms with Crippen LogP contribution in [-0.4, -0.2) is 55.0 Å². The summed E-state index contributed by atoms with van der Waals surface area (Å²) in [6.07, 6.45) is 7.50. The molecule has 2 aliphatic rings. The van der Waals surface area contributed by atoms with Gasteiger partial charge in [-0.25, -0.2) is 4.98 Å². The van der Waals surface area contributed by atoms with Crippen molar-refractivity contribution >= 4 is 52.6 Å². The van der Waals surface area contributed by atoms with Gasteiger partial charge in [-0.05, 0) is 69.5 Å². The van der Waals surface area contributed by atoms with Crippen LogP contribution in [0.5, 0.6) is 0 Å². The van der Waals surface area contributed by atoms with E-state index in [1.54, 1.807) is 0 Å². The van der Waals surface area contributed by atoms with Gasteiger partial charge in [0.15, 0.2) is 5.96 Å². The lowest BCUT2D eigenvalue weighted by Gasteiger charge is -2.39. The van der Waals surface area contributed by atoms with E-state index in [9.17, 15) is 0 Å². The van der Waals surface area contributed by atoms with E-state index in [4.69, 9.17) is 4.98 Å². The maximum Gasteiger partial charge on any atom is 0.193 e. The molecular formula is C22H34IN5S2. The zero-order valence-corrected chi connectivity index (χ0v) is 22.2. The number of hydrogen-bond donors (Lipinski definition) is 1. The van der Waals surface area contributed by atoms with E-state index in [1.807, 2.05) is 29.7 Å². The summed E-state index contributed by atoms with van der Waals surface area (Å²) in [4.78, 5) is 17.2. The van der Waals surface area contributed by atoms with Crippen LogP contribution in [-0.2, 0) is 19.4 Å². The second-order valence-corrected chi connectivity index (χ2v) is 10.5. The van der Waals surface area contributed by atoms with Crippen molar-refractivity contribution in [1.29, 1.82) is 0 Å². The van der Waals surface area contributed by atoms with Crippen LogP contribution in [0.4, 0.5) is 0 Å². The lowest BCUT2D eigenvalue weighted by Crippen LogP contribution is -2.45. The van der Waals surface area contributed by atoms with Gasteiger partial charge in [-0.3, -0.25) is 9.89 Å². The Morgan fingerprint density at radius 1 is 1.33 bits per heavy atom. The minimum absolute atomic E-state index is 0. The monoisotopic (exact) mass is 559 g/mol. The fourth-order valence-electron chi connectivity index (χ4n) is 4.74. The number of thiophene rings is 1. The van der Waals surface area contributed by atoms with Crippen molar-refractivity contribution in [2.45, 2.75) is 51.1 Å². The average molecular weight is 560 g/mol. The fraction of sp³-hybridized carbons (Fsp3) is 0.636. The molecule has 1 saturated heterocycles. The third kappa shape index (κ3) is 5.55. The molecule has 0 aromatic carbocycles. The van der Waals surface area contributed by atoms with Gasteiger partial charge in [0.2, 0.25) is 0 Å². The summed E-state index contributed by atoms with van der Waals surface area (Å²) in [6.45, 7) is 2.97. The van der Waals surface area contributed by atoms with Crippen LogP contribution in [0.25, 0.3) is 0 Å². The van der Waals surface area contributed by atoms with Gasteiger partial charge in [0.25, 0.3) is 0 Å². The number of halogens is 1. The summed E-state index contributed by atoms with van der Waals surface area (Å²) in [7, 11) is 6.27. The Kier molecular flexibility index (Phi) is 8.97. The molecule has 0 amide bonds. The standard InChI is InChI=1S/C22H33N5S2.HI/c1-23-22(27(3)15-20-25-17-9-4-5-10-18(17)29-20)24-14-16-8-6-12-26(2)21(16)19-11-7-13-28-19;/h7,11,13,16,21H,4-6,8-10,12,14-15H2,1-3H3,(H,23,24);1H. The summed E-state index contributed by atoms with van der Waals surface area (Å²) in [5, 5.41) is 7.08. The number of thiazole rings is 1. The molecule has 1 N–H and O–H groups in total. The average Bonchev–Trinajstić information content (AvgIpc) is 3.37. The number of aryl methyl sites for hydroxylation is 2. The fourth-order valence-corrected chi connectivity index (χ4v) is 6.93. The zero-order chi connectivity index (χ0) is 20.2. The maximum absolute atomic E-state index is 4.90. The van der Waals surface area contributed by atoms with Crippen molar-refractivity contribution in [3.63, 3.8) is 0 Å². The number of aromatic nitrogens is 1. The number of rotatable bonds is 5. The molecule has 0 saturated carbocycles.